The molecule has 0 saturated carbocycles. The van der Waals surface area contributed by atoms with Gasteiger partial charge in [0.1, 0.15) is 5.76 Å². The van der Waals surface area contributed by atoms with E-state index in [9.17, 15) is 18.3 Å². The first-order valence-corrected chi connectivity index (χ1v) is 9.98. The van der Waals surface area contributed by atoms with Gasteiger partial charge in [0.15, 0.2) is 0 Å². The molecule has 0 aliphatic heterocycles. The third-order valence-electron chi connectivity index (χ3n) is 3.51. The van der Waals surface area contributed by atoms with E-state index in [0.717, 1.165) is 6.26 Å². The van der Waals surface area contributed by atoms with E-state index < -0.39 is 16.1 Å². The third-order valence-corrected chi connectivity index (χ3v) is 4.11. The highest BCUT2D eigenvalue weighted by Crippen LogP contribution is 2.16. The van der Waals surface area contributed by atoms with Crippen molar-refractivity contribution in [2.45, 2.75) is 19.1 Å². The summed E-state index contributed by atoms with van der Waals surface area (Å²) in [5.74, 6) is 0.579. The molecule has 0 bridgehead atoms. The molecule has 9 heteroatoms. The van der Waals surface area contributed by atoms with E-state index in [1.54, 1.807) is 42.7 Å². The number of sulfonamides is 1. The number of hydrogen-bond donors (Lipinski definition) is 4. The molecule has 1 amide bonds. The third kappa shape index (κ3) is 7.26. The van der Waals surface area contributed by atoms with Crippen molar-refractivity contribution in [2.75, 3.05) is 24.1 Å². The zero-order chi connectivity index (χ0) is 19.0. The number of aliphatic hydroxyl groups excluding tert-OH is 1. The Morgan fingerprint density at radius 2 is 1.96 bits per heavy atom. The van der Waals surface area contributed by atoms with Crippen molar-refractivity contribution >= 4 is 21.6 Å². The van der Waals surface area contributed by atoms with E-state index in [1.165, 1.54) is 0 Å². The van der Waals surface area contributed by atoms with Gasteiger partial charge >= 0.3 is 0 Å². The molecule has 0 spiro atoms. The molecule has 0 radical (unpaired) electrons. The highest BCUT2D eigenvalue weighted by atomic mass is 32.2. The minimum atomic E-state index is -3.32. The van der Waals surface area contributed by atoms with Crippen LogP contribution in [0.25, 0.3) is 0 Å². The SMILES string of the molecule is CS(=O)(=O)Nc1ccc(C(O)CNCCC(=O)NCc2ccco2)cc1. The van der Waals surface area contributed by atoms with Crippen LogP contribution in [-0.2, 0) is 21.4 Å². The van der Waals surface area contributed by atoms with Crippen LogP contribution >= 0.6 is 0 Å². The summed E-state index contributed by atoms with van der Waals surface area (Å²) in [4.78, 5) is 11.7. The summed E-state index contributed by atoms with van der Waals surface area (Å²) >= 11 is 0. The number of furan rings is 1. The number of hydrogen-bond acceptors (Lipinski definition) is 6. The Kier molecular flexibility index (Phi) is 7.19. The summed E-state index contributed by atoms with van der Waals surface area (Å²) in [6.07, 6.45) is 2.15. The Morgan fingerprint density at radius 1 is 1.23 bits per heavy atom. The lowest BCUT2D eigenvalue weighted by molar-refractivity contribution is -0.121. The fourth-order valence-corrected chi connectivity index (χ4v) is 2.80. The summed E-state index contributed by atoms with van der Waals surface area (Å²) in [5, 5.41) is 15.9. The quantitative estimate of drug-likeness (QED) is 0.455. The predicted octanol–water partition coefficient (Wildman–Crippen LogP) is 0.981. The van der Waals surface area contributed by atoms with E-state index in [1.807, 2.05) is 0 Å². The predicted molar refractivity (Wildman–Crippen MR) is 97.9 cm³/mol. The second-order valence-electron chi connectivity index (χ2n) is 5.82. The van der Waals surface area contributed by atoms with Gasteiger partial charge < -0.3 is 20.2 Å². The van der Waals surface area contributed by atoms with Gasteiger partial charge in [-0.25, -0.2) is 8.42 Å². The number of benzene rings is 1. The first kappa shape index (κ1) is 20.0. The maximum Gasteiger partial charge on any atom is 0.229 e. The van der Waals surface area contributed by atoms with Crippen molar-refractivity contribution in [2.24, 2.45) is 0 Å². The Labute approximate surface area is 152 Å². The summed E-state index contributed by atoms with van der Waals surface area (Å²) in [6, 6.07) is 10.0. The van der Waals surface area contributed by atoms with Crippen molar-refractivity contribution in [1.82, 2.24) is 10.6 Å². The number of aliphatic hydroxyl groups is 1. The molecular formula is C17H23N3O5S. The second kappa shape index (κ2) is 9.37. The van der Waals surface area contributed by atoms with Gasteiger partial charge in [0, 0.05) is 25.2 Å². The van der Waals surface area contributed by atoms with E-state index in [0.29, 0.717) is 30.1 Å². The summed E-state index contributed by atoms with van der Waals surface area (Å²) < 4.78 is 29.8. The van der Waals surface area contributed by atoms with Gasteiger partial charge in [0.2, 0.25) is 15.9 Å². The van der Waals surface area contributed by atoms with Crippen LogP contribution in [0, 0.1) is 0 Å². The Balaban J connectivity index is 1.66. The minimum absolute atomic E-state index is 0.111. The largest absolute Gasteiger partial charge is 0.467 e. The first-order valence-electron chi connectivity index (χ1n) is 8.09. The van der Waals surface area contributed by atoms with Crippen LogP contribution in [0.2, 0.25) is 0 Å². The van der Waals surface area contributed by atoms with Crippen LogP contribution in [0.3, 0.4) is 0 Å². The van der Waals surface area contributed by atoms with Crippen molar-refractivity contribution in [3.05, 3.63) is 54.0 Å². The van der Waals surface area contributed by atoms with Crippen LogP contribution in [0.15, 0.2) is 47.1 Å². The van der Waals surface area contributed by atoms with Crippen LogP contribution in [-0.4, -0.2) is 38.8 Å². The van der Waals surface area contributed by atoms with Gasteiger partial charge in [-0.05, 0) is 29.8 Å². The molecule has 0 aliphatic rings. The van der Waals surface area contributed by atoms with Gasteiger partial charge in [-0.1, -0.05) is 12.1 Å². The molecule has 1 aromatic carbocycles. The molecule has 2 aromatic rings. The topological polar surface area (TPSA) is 121 Å². The van der Waals surface area contributed by atoms with Crippen molar-refractivity contribution < 1.29 is 22.7 Å². The van der Waals surface area contributed by atoms with Gasteiger partial charge in [-0.2, -0.15) is 0 Å². The number of carbonyl (C=O) groups is 1. The van der Waals surface area contributed by atoms with E-state index in [2.05, 4.69) is 15.4 Å². The summed E-state index contributed by atoms with van der Waals surface area (Å²) in [6.45, 7) is 1.06. The average molecular weight is 381 g/mol. The highest BCUT2D eigenvalue weighted by Gasteiger charge is 2.09. The number of rotatable bonds is 10. The lowest BCUT2D eigenvalue weighted by Crippen LogP contribution is -2.29. The molecule has 2 rings (SSSR count). The lowest BCUT2D eigenvalue weighted by atomic mass is 10.1. The monoisotopic (exact) mass is 381 g/mol. The Bertz CT molecular complexity index is 788. The molecular weight excluding hydrogens is 358 g/mol. The van der Waals surface area contributed by atoms with Crippen molar-refractivity contribution in [3.8, 4) is 0 Å². The maximum absolute atomic E-state index is 11.7. The van der Waals surface area contributed by atoms with Gasteiger partial charge in [0.25, 0.3) is 0 Å². The molecule has 0 saturated heterocycles. The van der Waals surface area contributed by atoms with E-state index in [4.69, 9.17) is 4.42 Å². The molecule has 1 unspecified atom stereocenters. The molecule has 0 aliphatic carbocycles. The fourth-order valence-electron chi connectivity index (χ4n) is 2.23. The number of nitrogens with one attached hydrogen (secondary N) is 3. The van der Waals surface area contributed by atoms with Crippen LogP contribution in [0.1, 0.15) is 23.8 Å². The van der Waals surface area contributed by atoms with Gasteiger partial charge in [0.05, 0.1) is 25.2 Å². The Morgan fingerprint density at radius 3 is 2.58 bits per heavy atom. The standard InChI is InChI=1S/C17H23N3O5S/c1-26(23,24)20-14-6-4-13(5-7-14)16(21)12-18-9-8-17(22)19-11-15-3-2-10-25-15/h2-7,10,16,18,20-21H,8-9,11-12H2,1H3,(H,19,22). The highest BCUT2D eigenvalue weighted by molar-refractivity contribution is 7.92. The lowest BCUT2D eigenvalue weighted by Gasteiger charge is -2.13. The summed E-state index contributed by atoms with van der Waals surface area (Å²) in [7, 11) is -3.32. The molecule has 142 valence electrons. The second-order valence-corrected chi connectivity index (χ2v) is 7.57. The average Bonchev–Trinajstić information content (AvgIpc) is 3.09. The van der Waals surface area contributed by atoms with Gasteiger partial charge in [-0.3, -0.25) is 9.52 Å². The molecule has 1 atom stereocenters. The van der Waals surface area contributed by atoms with Crippen LogP contribution in [0.4, 0.5) is 5.69 Å². The molecule has 1 aromatic heterocycles. The first-order chi connectivity index (χ1) is 12.3. The molecule has 1 heterocycles. The number of amides is 1. The molecule has 4 N–H and O–H groups in total. The minimum Gasteiger partial charge on any atom is -0.467 e. The normalized spacial score (nSPS) is 12.5. The van der Waals surface area contributed by atoms with Crippen molar-refractivity contribution in [1.29, 1.82) is 0 Å². The van der Waals surface area contributed by atoms with E-state index >= 15 is 0 Å². The summed E-state index contributed by atoms with van der Waals surface area (Å²) in [5.41, 5.74) is 1.09. The maximum atomic E-state index is 11.7. The molecule has 8 nitrogen and oxygen atoms in total. The smallest absolute Gasteiger partial charge is 0.229 e. The van der Waals surface area contributed by atoms with E-state index in [-0.39, 0.29) is 18.9 Å². The van der Waals surface area contributed by atoms with Crippen LogP contribution in [0.5, 0.6) is 0 Å². The zero-order valence-electron chi connectivity index (χ0n) is 14.4. The molecule has 0 fully saturated rings. The number of carbonyl (C=O) groups excluding carboxylic acids is 1. The zero-order valence-corrected chi connectivity index (χ0v) is 15.3. The fraction of sp³-hybridized carbons (Fsp3) is 0.353. The van der Waals surface area contributed by atoms with Crippen LogP contribution < -0.4 is 15.4 Å². The Hall–Kier alpha value is -2.36. The van der Waals surface area contributed by atoms with Crippen molar-refractivity contribution in [3.63, 3.8) is 0 Å². The van der Waals surface area contributed by atoms with Gasteiger partial charge in [-0.15, -0.1) is 0 Å². The number of anilines is 1. The molecule has 26 heavy (non-hydrogen) atoms.